The molecule has 0 spiro atoms. The molecule has 2 aliphatic rings. The number of hydrogen-bond acceptors (Lipinski definition) is 5. The Kier molecular flexibility index (Phi) is 5.88. The maximum absolute atomic E-state index is 12.6. The van der Waals surface area contributed by atoms with Crippen molar-refractivity contribution in [3.8, 4) is 0 Å². The Balaban J connectivity index is 1.54. The van der Waals surface area contributed by atoms with E-state index in [1.807, 2.05) is 26.2 Å². The van der Waals surface area contributed by atoms with E-state index in [2.05, 4.69) is 15.2 Å². The van der Waals surface area contributed by atoms with Crippen LogP contribution in [0.2, 0.25) is 0 Å². The molecule has 142 valence electrons. The third kappa shape index (κ3) is 4.22. The van der Waals surface area contributed by atoms with Gasteiger partial charge in [0.05, 0.1) is 5.92 Å². The highest BCUT2D eigenvalue weighted by Crippen LogP contribution is 2.26. The summed E-state index contributed by atoms with van der Waals surface area (Å²) < 4.78 is 5.47. The predicted molar refractivity (Wildman–Crippen MR) is 97.2 cm³/mol. The van der Waals surface area contributed by atoms with Crippen molar-refractivity contribution in [1.82, 2.24) is 20.1 Å². The van der Waals surface area contributed by atoms with Gasteiger partial charge in [-0.1, -0.05) is 6.07 Å². The van der Waals surface area contributed by atoms with Gasteiger partial charge in [0.25, 0.3) is 0 Å². The second-order valence-corrected chi connectivity index (χ2v) is 7.49. The van der Waals surface area contributed by atoms with E-state index < -0.39 is 0 Å². The Labute approximate surface area is 154 Å². The van der Waals surface area contributed by atoms with Crippen molar-refractivity contribution in [3.63, 3.8) is 0 Å². The van der Waals surface area contributed by atoms with E-state index in [4.69, 9.17) is 4.74 Å². The zero-order valence-corrected chi connectivity index (χ0v) is 15.6. The maximum atomic E-state index is 12.6. The van der Waals surface area contributed by atoms with Gasteiger partial charge in [-0.15, -0.1) is 0 Å². The van der Waals surface area contributed by atoms with Gasteiger partial charge in [0.15, 0.2) is 0 Å². The molecule has 2 saturated heterocycles. The van der Waals surface area contributed by atoms with Crippen LogP contribution in [0.25, 0.3) is 0 Å². The SMILES string of the molecule is CN(C)C1(CNC(=O)[C@@H]2CC(=O)N(Cc3cccnc3)C2)CCOCC1. The number of aromatic nitrogens is 1. The van der Waals surface area contributed by atoms with Crippen LogP contribution in [0.5, 0.6) is 0 Å². The second kappa shape index (κ2) is 8.14. The van der Waals surface area contributed by atoms with Crippen LogP contribution < -0.4 is 5.32 Å². The fourth-order valence-corrected chi connectivity index (χ4v) is 3.74. The first-order chi connectivity index (χ1) is 12.5. The molecule has 1 aromatic rings. The Hall–Kier alpha value is -1.99. The molecule has 0 radical (unpaired) electrons. The third-order valence-electron chi connectivity index (χ3n) is 5.65. The third-order valence-corrected chi connectivity index (χ3v) is 5.65. The summed E-state index contributed by atoms with van der Waals surface area (Å²) in [5, 5.41) is 3.09. The molecule has 0 aromatic carbocycles. The molecule has 0 unspecified atom stereocenters. The first-order valence-corrected chi connectivity index (χ1v) is 9.20. The highest BCUT2D eigenvalue weighted by Gasteiger charge is 2.38. The van der Waals surface area contributed by atoms with Crippen molar-refractivity contribution in [3.05, 3.63) is 30.1 Å². The van der Waals surface area contributed by atoms with Crippen molar-refractivity contribution in [2.24, 2.45) is 5.92 Å². The molecular weight excluding hydrogens is 332 g/mol. The number of hydrogen-bond donors (Lipinski definition) is 1. The minimum Gasteiger partial charge on any atom is -0.381 e. The second-order valence-electron chi connectivity index (χ2n) is 7.49. The van der Waals surface area contributed by atoms with Crippen LogP contribution in [0.15, 0.2) is 24.5 Å². The van der Waals surface area contributed by atoms with Crippen LogP contribution in [0, 0.1) is 5.92 Å². The van der Waals surface area contributed by atoms with Gasteiger partial charge >= 0.3 is 0 Å². The summed E-state index contributed by atoms with van der Waals surface area (Å²) in [6.45, 7) is 3.01. The molecule has 1 atom stereocenters. The number of likely N-dealkylation sites (tertiary alicyclic amines) is 1. The van der Waals surface area contributed by atoms with Crippen LogP contribution in [0.1, 0.15) is 24.8 Å². The molecule has 3 rings (SSSR count). The lowest BCUT2D eigenvalue weighted by molar-refractivity contribution is -0.129. The minimum atomic E-state index is -0.279. The summed E-state index contributed by atoms with van der Waals surface area (Å²) in [5.74, 6) is -0.277. The number of carbonyl (C=O) groups is 2. The van der Waals surface area contributed by atoms with Crippen molar-refractivity contribution >= 4 is 11.8 Å². The summed E-state index contributed by atoms with van der Waals surface area (Å²) in [7, 11) is 4.10. The van der Waals surface area contributed by atoms with E-state index in [1.54, 1.807) is 17.3 Å². The van der Waals surface area contributed by atoms with Gasteiger partial charge in [0, 0.05) is 57.2 Å². The number of nitrogens with zero attached hydrogens (tertiary/aromatic N) is 3. The normalized spacial score (nSPS) is 22.7. The fourth-order valence-electron chi connectivity index (χ4n) is 3.74. The number of carbonyl (C=O) groups excluding carboxylic acids is 2. The summed E-state index contributed by atoms with van der Waals surface area (Å²) in [6, 6.07) is 3.80. The number of amides is 2. The monoisotopic (exact) mass is 360 g/mol. The number of nitrogens with one attached hydrogen (secondary N) is 1. The van der Waals surface area contributed by atoms with Crippen molar-refractivity contribution in [2.75, 3.05) is 40.4 Å². The van der Waals surface area contributed by atoms with Gasteiger partial charge in [0.2, 0.25) is 11.8 Å². The molecule has 7 nitrogen and oxygen atoms in total. The van der Waals surface area contributed by atoms with Gasteiger partial charge in [-0.25, -0.2) is 0 Å². The summed E-state index contributed by atoms with van der Waals surface area (Å²) in [6.07, 6.45) is 5.55. The molecule has 26 heavy (non-hydrogen) atoms. The lowest BCUT2D eigenvalue weighted by Crippen LogP contribution is -2.56. The molecule has 2 fully saturated rings. The van der Waals surface area contributed by atoms with Gasteiger partial charge in [-0.3, -0.25) is 14.6 Å². The van der Waals surface area contributed by atoms with Gasteiger partial charge < -0.3 is 19.9 Å². The van der Waals surface area contributed by atoms with Crippen LogP contribution in [-0.2, 0) is 20.9 Å². The quantitative estimate of drug-likeness (QED) is 0.807. The first-order valence-electron chi connectivity index (χ1n) is 9.20. The maximum Gasteiger partial charge on any atom is 0.225 e. The lowest BCUT2D eigenvalue weighted by atomic mass is 9.88. The van der Waals surface area contributed by atoms with Gasteiger partial charge in [-0.05, 0) is 38.6 Å². The number of ether oxygens (including phenoxy) is 1. The summed E-state index contributed by atoms with van der Waals surface area (Å²) >= 11 is 0. The fraction of sp³-hybridized carbons (Fsp3) is 0.632. The molecule has 3 heterocycles. The number of likely N-dealkylation sites (N-methyl/N-ethyl adjacent to an activating group) is 1. The van der Waals surface area contributed by atoms with Crippen LogP contribution in [0.4, 0.5) is 0 Å². The van der Waals surface area contributed by atoms with E-state index >= 15 is 0 Å². The average molecular weight is 360 g/mol. The van der Waals surface area contributed by atoms with Gasteiger partial charge in [-0.2, -0.15) is 0 Å². The van der Waals surface area contributed by atoms with Crippen LogP contribution >= 0.6 is 0 Å². The summed E-state index contributed by atoms with van der Waals surface area (Å²) in [4.78, 5) is 32.9. The molecular formula is C19H28N4O3. The Morgan fingerprint density at radius 1 is 1.42 bits per heavy atom. The largest absolute Gasteiger partial charge is 0.381 e. The van der Waals surface area contributed by atoms with E-state index in [0.29, 0.717) is 19.6 Å². The van der Waals surface area contributed by atoms with Gasteiger partial charge in [0.1, 0.15) is 0 Å². The standard InChI is InChI=1S/C19H28N4O3/c1-22(2)19(5-8-26-9-6-19)14-21-18(25)16-10-17(24)23(13-16)12-15-4-3-7-20-11-15/h3-4,7,11,16H,5-6,8-10,12-14H2,1-2H3,(H,21,25)/t16-/m1/s1. The average Bonchev–Trinajstić information content (AvgIpc) is 3.02. The number of rotatable bonds is 6. The smallest absolute Gasteiger partial charge is 0.225 e. The highest BCUT2D eigenvalue weighted by molar-refractivity contribution is 5.89. The molecule has 1 aromatic heterocycles. The number of pyridine rings is 1. The molecule has 0 aliphatic carbocycles. The highest BCUT2D eigenvalue weighted by atomic mass is 16.5. The first kappa shape index (κ1) is 18.8. The van der Waals surface area contributed by atoms with E-state index in [9.17, 15) is 9.59 Å². The predicted octanol–water partition coefficient (Wildman–Crippen LogP) is 0.657. The summed E-state index contributed by atoms with van der Waals surface area (Å²) in [5.41, 5.74) is 0.919. The van der Waals surface area contributed by atoms with Crippen molar-refractivity contribution < 1.29 is 14.3 Å². The van der Waals surface area contributed by atoms with Crippen LogP contribution in [0.3, 0.4) is 0 Å². The minimum absolute atomic E-state index is 0.0280. The Bertz CT molecular complexity index is 629. The topological polar surface area (TPSA) is 74.8 Å². The van der Waals surface area contributed by atoms with E-state index in [-0.39, 0.29) is 29.7 Å². The molecule has 0 saturated carbocycles. The Morgan fingerprint density at radius 3 is 2.85 bits per heavy atom. The molecule has 0 bridgehead atoms. The van der Waals surface area contributed by atoms with Crippen molar-refractivity contribution in [1.29, 1.82) is 0 Å². The lowest BCUT2D eigenvalue weighted by Gasteiger charge is -2.43. The van der Waals surface area contributed by atoms with E-state index in [0.717, 1.165) is 31.6 Å². The van der Waals surface area contributed by atoms with E-state index in [1.165, 1.54) is 0 Å². The molecule has 7 heteroatoms. The zero-order valence-electron chi connectivity index (χ0n) is 15.6. The molecule has 2 amide bonds. The van der Waals surface area contributed by atoms with Crippen LogP contribution in [-0.4, -0.2) is 72.5 Å². The van der Waals surface area contributed by atoms with Crippen molar-refractivity contribution in [2.45, 2.75) is 31.3 Å². The Morgan fingerprint density at radius 2 is 2.19 bits per heavy atom. The zero-order chi connectivity index (χ0) is 18.6. The molecule has 2 aliphatic heterocycles. The molecule has 1 N–H and O–H groups in total.